The molecule has 0 aliphatic rings. The van der Waals surface area contributed by atoms with Gasteiger partial charge in [0.05, 0.1) is 36.1 Å². The molecule has 0 fully saturated rings. The first-order chi connectivity index (χ1) is 15.6. The lowest BCUT2D eigenvalue weighted by atomic mass is 10.2. The highest BCUT2D eigenvalue weighted by molar-refractivity contribution is 5.85. The van der Waals surface area contributed by atoms with Crippen LogP contribution in [0, 0.1) is 0 Å². The molecule has 34 heavy (non-hydrogen) atoms. The summed E-state index contributed by atoms with van der Waals surface area (Å²) in [6, 6.07) is -2.59. The van der Waals surface area contributed by atoms with Gasteiger partial charge >= 0.3 is 17.9 Å². The second kappa shape index (κ2) is 15.9. The molecule has 0 unspecified atom stereocenters. The first kappa shape index (κ1) is 30.2. The van der Waals surface area contributed by atoms with Crippen LogP contribution in [0.5, 0.6) is 0 Å². The van der Waals surface area contributed by atoms with Crippen LogP contribution in [0.3, 0.4) is 0 Å². The van der Waals surface area contributed by atoms with Gasteiger partial charge in [0.2, 0.25) is 0 Å². The van der Waals surface area contributed by atoms with Gasteiger partial charge in [0.25, 0.3) is 0 Å². The molecule has 3 rings (SSSR count). The zero-order valence-corrected chi connectivity index (χ0v) is 18.7. The van der Waals surface area contributed by atoms with Crippen LogP contribution >= 0.6 is 12.4 Å². The van der Waals surface area contributed by atoms with Crippen molar-refractivity contribution in [3.8, 4) is 0 Å². The van der Waals surface area contributed by atoms with Gasteiger partial charge in [0, 0.05) is 37.9 Å². The van der Waals surface area contributed by atoms with Gasteiger partial charge in [-0.3, -0.25) is 14.4 Å². The zero-order chi connectivity index (χ0) is 24.8. The average Bonchev–Trinajstić information content (AvgIpc) is 3.53. The Hall–Kier alpha value is -3.79. The lowest BCUT2D eigenvalue weighted by Crippen LogP contribution is -2.32. The molecule has 0 saturated heterocycles. The van der Waals surface area contributed by atoms with Crippen molar-refractivity contribution in [1.29, 1.82) is 0 Å². The Bertz CT molecular complexity index is 827. The first-order valence-corrected chi connectivity index (χ1v) is 9.48. The third kappa shape index (κ3) is 12.3. The highest BCUT2D eigenvalue weighted by Gasteiger charge is 2.13. The van der Waals surface area contributed by atoms with E-state index in [0.717, 1.165) is 0 Å². The predicted molar refractivity (Wildman–Crippen MR) is 121 cm³/mol. The Kier molecular flexibility index (Phi) is 14.1. The van der Waals surface area contributed by atoms with Gasteiger partial charge in [-0.05, 0) is 0 Å². The third-order valence-electron chi connectivity index (χ3n) is 3.90. The summed E-state index contributed by atoms with van der Waals surface area (Å²) in [7, 11) is 0. The Labute approximate surface area is 199 Å². The monoisotopic (exact) mass is 501 g/mol. The molecule has 0 saturated carbocycles. The molecule has 0 bridgehead atoms. The molecule has 188 valence electrons. The number of nitrogens with one attached hydrogen (secondary N) is 3. The van der Waals surface area contributed by atoms with E-state index in [1.807, 2.05) is 0 Å². The number of aliphatic carboxylic acids is 3. The molecule has 15 nitrogen and oxygen atoms in total. The van der Waals surface area contributed by atoms with Gasteiger partial charge in [0.15, 0.2) is 0 Å². The number of carboxylic acid groups (broad SMARTS) is 3. The van der Waals surface area contributed by atoms with E-state index in [1.165, 1.54) is 19.0 Å². The standard InChI is InChI=1S/3C6H9N3O2.ClH/c3*7-5(6(10)11)1-4-2-8-3-9-4;/h3*2-3,5H,1,7H2,(H,8,9)(H,10,11);1H/t3*5-;/m000./s1. The van der Waals surface area contributed by atoms with Crippen LogP contribution in [-0.2, 0) is 33.6 Å². The van der Waals surface area contributed by atoms with Crippen molar-refractivity contribution in [2.45, 2.75) is 37.4 Å². The normalized spacial score (nSPS) is 12.4. The van der Waals surface area contributed by atoms with Crippen molar-refractivity contribution in [2.24, 2.45) is 17.2 Å². The fourth-order valence-corrected chi connectivity index (χ4v) is 2.15. The maximum atomic E-state index is 10.3. The summed E-state index contributed by atoms with van der Waals surface area (Å²) < 4.78 is 0. The number of nitrogens with two attached hydrogens (primary N) is 3. The van der Waals surface area contributed by atoms with E-state index in [2.05, 4.69) is 29.9 Å². The van der Waals surface area contributed by atoms with Crippen molar-refractivity contribution in [1.82, 2.24) is 29.9 Å². The summed E-state index contributed by atoms with van der Waals surface area (Å²) in [5.74, 6) is -3.02. The number of aromatic amines is 3. The van der Waals surface area contributed by atoms with Crippen LogP contribution in [0.1, 0.15) is 17.1 Å². The molecule has 0 aromatic carbocycles. The number of rotatable bonds is 9. The van der Waals surface area contributed by atoms with E-state index in [-0.39, 0.29) is 31.7 Å². The summed E-state index contributed by atoms with van der Waals surface area (Å²) in [6.45, 7) is 0. The Morgan fingerprint density at radius 2 is 0.882 bits per heavy atom. The molecule has 0 aliphatic carbocycles. The highest BCUT2D eigenvalue weighted by Crippen LogP contribution is 1.97. The summed E-state index contributed by atoms with van der Waals surface area (Å²) in [4.78, 5) is 50.5. The number of imidazole rings is 3. The van der Waals surface area contributed by atoms with Gasteiger partial charge in [-0.1, -0.05) is 0 Å². The molecular formula is C18H28ClN9O6. The number of nitrogens with zero attached hydrogens (tertiary/aromatic N) is 3. The number of hydrogen-bond donors (Lipinski definition) is 9. The molecule has 16 heteroatoms. The van der Waals surface area contributed by atoms with Gasteiger partial charge in [-0.25, -0.2) is 15.0 Å². The Morgan fingerprint density at radius 1 is 0.647 bits per heavy atom. The predicted octanol–water partition coefficient (Wildman–Crippen LogP) is -1.49. The SMILES string of the molecule is Cl.N[C@@H](Cc1c[nH]cn1)C(=O)O.N[C@@H](Cc1c[nH]cn1)C(=O)O.N[C@@H](Cc1c[nH]cn1)C(=O)O. The minimum absolute atomic E-state index is 0. The number of carbonyl (C=O) groups is 3. The van der Waals surface area contributed by atoms with Gasteiger partial charge in [-0.2, -0.15) is 0 Å². The topological polar surface area (TPSA) is 276 Å². The maximum absolute atomic E-state index is 10.3. The van der Waals surface area contributed by atoms with Crippen LogP contribution < -0.4 is 17.2 Å². The number of carboxylic acids is 3. The summed E-state index contributed by atoms with van der Waals surface area (Å²) in [5.41, 5.74) is 17.8. The molecule has 0 amide bonds. The Morgan fingerprint density at radius 3 is 1.03 bits per heavy atom. The molecule has 0 radical (unpaired) electrons. The number of aromatic nitrogens is 6. The van der Waals surface area contributed by atoms with E-state index in [1.54, 1.807) is 18.6 Å². The fraction of sp³-hybridized carbons (Fsp3) is 0.333. The van der Waals surface area contributed by atoms with E-state index < -0.39 is 36.0 Å². The molecule has 0 spiro atoms. The summed E-state index contributed by atoms with van der Waals surface area (Å²) in [5, 5.41) is 25.3. The van der Waals surface area contributed by atoms with Crippen LogP contribution in [-0.4, -0.2) is 81.3 Å². The smallest absolute Gasteiger partial charge is 0.320 e. The van der Waals surface area contributed by atoms with Crippen LogP contribution in [0.15, 0.2) is 37.6 Å². The third-order valence-corrected chi connectivity index (χ3v) is 3.90. The number of H-pyrrole nitrogens is 3. The molecule has 3 atom stereocenters. The van der Waals surface area contributed by atoms with E-state index in [4.69, 9.17) is 32.5 Å². The molecule has 3 heterocycles. The fourth-order valence-electron chi connectivity index (χ4n) is 2.15. The summed E-state index contributed by atoms with van der Waals surface area (Å²) in [6.07, 6.45) is 10.1. The van der Waals surface area contributed by atoms with E-state index in [9.17, 15) is 14.4 Å². The first-order valence-electron chi connectivity index (χ1n) is 9.48. The largest absolute Gasteiger partial charge is 0.480 e. The molecule has 0 aliphatic heterocycles. The minimum Gasteiger partial charge on any atom is -0.480 e. The zero-order valence-electron chi connectivity index (χ0n) is 17.9. The van der Waals surface area contributed by atoms with Crippen molar-refractivity contribution in [3.05, 3.63) is 54.7 Å². The summed E-state index contributed by atoms with van der Waals surface area (Å²) >= 11 is 0. The lowest BCUT2D eigenvalue weighted by Gasteiger charge is -2.01. The molecule has 12 N–H and O–H groups in total. The Balaban J connectivity index is 0.000000473. The van der Waals surface area contributed by atoms with Crippen molar-refractivity contribution in [3.63, 3.8) is 0 Å². The quantitative estimate of drug-likeness (QED) is 0.162. The average molecular weight is 502 g/mol. The molecular weight excluding hydrogens is 474 g/mol. The number of hydrogen-bond acceptors (Lipinski definition) is 9. The van der Waals surface area contributed by atoms with Crippen molar-refractivity contribution < 1.29 is 29.7 Å². The van der Waals surface area contributed by atoms with Gasteiger partial charge < -0.3 is 47.5 Å². The van der Waals surface area contributed by atoms with Crippen LogP contribution in [0.25, 0.3) is 0 Å². The highest BCUT2D eigenvalue weighted by atomic mass is 35.5. The number of halogens is 1. The molecule has 3 aromatic rings. The van der Waals surface area contributed by atoms with Gasteiger partial charge in [0.1, 0.15) is 18.1 Å². The van der Waals surface area contributed by atoms with Crippen LogP contribution in [0.4, 0.5) is 0 Å². The second-order valence-electron chi connectivity index (χ2n) is 6.63. The van der Waals surface area contributed by atoms with E-state index in [0.29, 0.717) is 17.1 Å². The second-order valence-corrected chi connectivity index (χ2v) is 6.63. The minimum atomic E-state index is -1.01. The van der Waals surface area contributed by atoms with Crippen molar-refractivity contribution >= 4 is 30.3 Å². The van der Waals surface area contributed by atoms with Crippen LogP contribution in [0.2, 0.25) is 0 Å². The van der Waals surface area contributed by atoms with Gasteiger partial charge in [-0.15, -0.1) is 12.4 Å². The van der Waals surface area contributed by atoms with Crippen molar-refractivity contribution in [2.75, 3.05) is 0 Å². The maximum Gasteiger partial charge on any atom is 0.320 e. The lowest BCUT2D eigenvalue weighted by molar-refractivity contribution is -0.139. The molecule has 3 aromatic heterocycles. The van der Waals surface area contributed by atoms with E-state index >= 15 is 0 Å².